The van der Waals surface area contributed by atoms with Crippen LogP contribution in [0, 0.1) is 10.8 Å². The van der Waals surface area contributed by atoms with Gasteiger partial charge in [-0.05, 0) is 88.4 Å². The fourth-order valence-electron chi connectivity index (χ4n) is 4.24. The lowest BCUT2D eigenvalue weighted by Gasteiger charge is -2.31. The van der Waals surface area contributed by atoms with Gasteiger partial charge in [-0.3, -0.25) is 0 Å². The van der Waals surface area contributed by atoms with Gasteiger partial charge in [-0.1, -0.05) is 100 Å². The maximum atomic E-state index is 3.28. The van der Waals surface area contributed by atoms with E-state index in [9.17, 15) is 0 Å². The lowest BCUT2D eigenvalue weighted by Crippen LogP contribution is -2.21. The van der Waals surface area contributed by atoms with Crippen molar-refractivity contribution in [2.24, 2.45) is 10.8 Å². The lowest BCUT2D eigenvalue weighted by molar-refractivity contribution is 0.209. The summed E-state index contributed by atoms with van der Waals surface area (Å²) in [5.74, 6) is 0. The number of hydrogen-bond donors (Lipinski definition) is 2. The first-order chi connectivity index (χ1) is 14.3. The van der Waals surface area contributed by atoms with Crippen molar-refractivity contribution >= 4 is 0 Å². The van der Waals surface area contributed by atoms with Crippen molar-refractivity contribution in [3.63, 3.8) is 0 Å². The van der Waals surface area contributed by atoms with Gasteiger partial charge in [0.25, 0.3) is 0 Å². The Kier molecular flexibility index (Phi) is 23.2. The third-order valence-electron chi connectivity index (χ3n) is 6.81. The molecule has 0 unspecified atom stereocenters. The van der Waals surface area contributed by atoms with Crippen LogP contribution in [0.25, 0.3) is 0 Å². The summed E-state index contributed by atoms with van der Waals surface area (Å²) in [4.78, 5) is 0. The fourth-order valence-corrected chi connectivity index (χ4v) is 4.24. The monoisotopic (exact) mass is 441 g/mol. The van der Waals surface area contributed by atoms with Crippen LogP contribution in [0.5, 0.6) is 0 Å². The van der Waals surface area contributed by atoms with E-state index in [1.54, 1.807) is 0 Å². The molecule has 0 aromatic rings. The highest BCUT2D eigenvalue weighted by Gasteiger charge is 2.23. The van der Waals surface area contributed by atoms with E-state index in [2.05, 4.69) is 52.2 Å². The normalized spacial score (nSPS) is 16.8. The van der Waals surface area contributed by atoms with Crippen molar-refractivity contribution in [3.8, 4) is 0 Å². The summed E-state index contributed by atoms with van der Waals surface area (Å²) in [5.41, 5.74) is 1.11. The zero-order chi connectivity index (χ0) is 22.6. The Balaban J connectivity index is 0. The third kappa shape index (κ3) is 24.4. The molecule has 0 amide bonds. The van der Waals surface area contributed by atoms with Crippen molar-refractivity contribution in [2.75, 3.05) is 26.2 Å². The number of nitrogens with one attached hydrogen (secondary N) is 2. The predicted octanol–water partition coefficient (Wildman–Crippen LogP) is 9.14. The molecule has 0 spiro atoms. The highest BCUT2D eigenvalue weighted by Crippen LogP contribution is 2.37. The molecule has 2 saturated heterocycles. The number of rotatable bonds is 11. The average molecular weight is 441 g/mol. The fraction of sp³-hybridized carbons (Fsp3) is 1.00. The van der Waals surface area contributed by atoms with Crippen molar-refractivity contribution in [1.29, 1.82) is 0 Å². The Labute approximate surface area is 199 Å². The van der Waals surface area contributed by atoms with Crippen LogP contribution in [0.1, 0.15) is 152 Å². The average Bonchev–Trinajstić information content (AvgIpc) is 2.76. The number of piperidine rings is 2. The van der Waals surface area contributed by atoms with Gasteiger partial charge in [0.15, 0.2) is 0 Å². The van der Waals surface area contributed by atoms with Gasteiger partial charge >= 0.3 is 0 Å². The quantitative estimate of drug-likeness (QED) is 0.313. The summed E-state index contributed by atoms with van der Waals surface area (Å²) in [6, 6.07) is 0. The minimum absolute atomic E-state index is 0. The molecule has 0 aliphatic carbocycles. The Hall–Kier alpha value is -0.0800. The van der Waals surface area contributed by atoms with E-state index in [-0.39, 0.29) is 7.43 Å². The number of unbranched alkanes of at least 4 members (excludes halogenated alkanes) is 4. The molecule has 0 radical (unpaired) electrons. The van der Waals surface area contributed by atoms with Crippen LogP contribution in [0.15, 0.2) is 0 Å². The lowest BCUT2D eigenvalue weighted by atomic mass is 9.74. The Morgan fingerprint density at radius 2 is 0.806 bits per heavy atom. The van der Waals surface area contributed by atoms with Crippen molar-refractivity contribution in [3.05, 3.63) is 0 Å². The second-order valence-electron chi connectivity index (χ2n) is 11.4. The zero-order valence-corrected chi connectivity index (χ0v) is 22.1. The Morgan fingerprint density at radius 3 is 1.00 bits per heavy atom. The van der Waals surface area contributed by atoms with Gasteiger partial charge < -0.3 is 10.6 Å². The van der Waals surface area contributed by atoms with Crippen molar-refractivity contribution in [2.45, 2.75) is 152 Å². The second-order valence-corrected chi connectivity index (χ2v) is 11.4. The summed E-state index contributed by atoms with van der Waals surface area (Å²) < 4.78 is 0. The van der Waals surface area contributed by atoms with Crippen molar-refractivity contribution in [1.82, 2.24) is 10.6 Å². The van der Waals surface area contributed by atoms with E-state index in [0.717, 1.165) is 0 Å². The second kappa shape index (κ2) is 21.7. The topological polar surface area (TPSA) is 24.1 Å². The van der Waals surface area contributed by atoms with Gasteiger partial charge in [0.05, 0.1) is 0 Å². The van der Waals surface area contributed by atoms with Gasteiger partial charge in [-0.15, -0.1) is 0 Å². The van der Waals surface area contributed by atoms with Gasteiger partial charge in [-0.2, -0.15) is 0 Å². The largest absolute Gasteiger partial charge is 0.317 e. The zero-order valence-electron chi connectivity index (χ0n) is 22.1. The van der Waals surface area contributed by atoms with E-state index < -0.39 is 0 Å². The molecule has 2 nitrogen and oxygen atoms in total. The van der Waals surface area contributed by atoms with Crippen LogP contribution in [0.3, 0.4) is 0 Å². The molecule has 2 N–H and O–H groups in total. The minimum Gasteiger partial charge on any atom is -0.317 e. The van der Waals surface area contributed by atoms with Crippen LogP contribution in [0.4, 0.5) is 0 Å². The number of hydrogen-bond acceptors (Lipinski definition) is 2. The van der Waals surface area contributed by atoms with Crippen LogP contribution in [-0.2, 0) is 0 Å². The highest BCUT2D eigenvalue weighted by atomic mass is 14.9. The summed E-state index contributed by atoms with van der Waals surface area (Å²) in [6.45, 7) is 19.4. The SMILES string of the molecule is C.C1CCNCC1.C1CCNCC1.CCCCCC(C)(C)CCC(C)(C)CCCCC. The van der Waals surface area contributed by atoms with E-state index in [4.69, 9.17) is 0 Å². The molecule has 190 valence electrons. The van der Waals surface area contributed by atoms with Crippen LogP contribution >= 0.6 is 0 Å². The molecule has 2 aliphatic heterocycles. The Bertz CT molecular complexity index is 284. The van der Waals surface area contributed by atoms with E-state index in [1.807, 2.05) is 0 Å². The molecule has 2 heteroatoms. The van der Waals surface area contributed by atoms with E-state index >= 15 is 0 Å². The standard InChI is InChI=1S/C18H38.2C5H11N.CH4/c1-7-9-11-13-17(3,4)15-16-18(5,6)14-12-10-8-2;2*1-2-4-6-5-3-1;/h7-16H2,1-6H3;2*6H,1-5H2;1H4. The highest BCUT2D eigenvalue weighted by molar-refractivity contribution is 4.75. The van der Waals surface area contributed by atoms with E-state index in [1.165, 1.54) is 129 Å². The smallest absolute Gasteiger partial charge is 0.00489 e. The first kappa shape index (κ1) is 33.1. The maximum absolute atomic E-state index is 3.28. The molecule has 0 bridgehead atoms. The molecular weight excluding hydrogens is 376 g/mol. The molecular formula is C29H64N2. The molecule has 2 rings (SSSR count). The molecule has 31 heavy (non-hydrogen) atoms. The van der Waals surface area contributed by atoms with Crippen molar-refractivity contribution < 1.29 is 0 Å². The molecule has 0 saturated carbocycles. The summed E-state index contributed by atoms with van der Waals surface area (Å²) >= 11 is 0. The molecule has 0 aromatic carbocycles. The first-order valence-electron chi connectivity index (χ1n) is 13.7. The predicted molar refractivity (Wildman–Crippen MR) is 145 cm³/mol. The summed E-state index contributed by atoms with van der Waals surface area (Å²) in [6.07, 6.45) is 22.4. The van der Waals surface area contributed by atoms with Crippen LogP contribution < -0.4 is 10.6 Å². The molecule has 0 atom stereocenters. The van der Waals surface area contributed by atoms with Gasteiger partial charge in [-0.25, -0.2) is 0 Å². The van der Waals surface area contributed by atoms with Crippen LogP contribution in [-0.4, -0.2) is 26.2 Å². The van der Waals surface area contributed by atoms with Gasteiger partial charge in [0, 0.05) is 0 Å². The first-order valence-corrected chi connectivity index (χ1v) is 13.7. The molecule has 2 fully saturated rings. The molecule has 2 heterocycles. The molecule has 2 aliphatic rings. The summed E-state index contributed by atoms with van der Waals surface area (Å²) in [7, 11) is 0. The third-order valence-corrected chi connectivity index (χ3v) is 6.81. The van der Waals surface area contributed by atoms with Crippen LogP contribution in [0.2, 0.25) is 0 Å². The Morgan fingerprint density at radius 1 is 0.484 bits per heavy atom. The van der Waals surface area contributed by atoms with E-state index in [0.29, 0.717) is 10.8 Å². The minimum atomic E-state index is 0. The maximum Gasteiger partial charge on any atom is -0.00489 e. The molecule has 0 aromatic heterocycles. The van der Waals surface area contributed by atoms with Gasteiger partial charge in [0.2, 0.25) is 0 Å². The van der Waals surface area contributed by atoms with Gasteiger partial charge in [0.1, 0.15) is 0 Å². The summed E-state index contributed by atoms with van der Waals surface area (Å²) in [5, 5.41) is 6.57.